The van der Waals surface area contributed by atoms with Gasteiger partial charge in [0.1, 0.15) is 0 Å². The van der Waals surface area contributed by atoms with Gasteiger partial charge in [-0.1, -0.05) is 13.8 Å². The zero-order valence-electron chi connectivity index (χ0n) is 9.20. The average molecular weight is 213 g/mol. The first-order valence-corrected chi connectivity index (χ1v) is 5.26. The molecule has 0 aliphatic carbocycles. The minimum absolute atomic E-state index is 0.111. The zero-order valence-corrected chi connectivity index (χ0v) is 10.0. The van der Waals surface area contributed by atoms with Crippen LogP contribution >= 0.6 is 12.2 Å². The predicted octanol–water partition coefficient (Wildman–Crippen LogP) is 2.31. The monoisotopic (exact) mass is 213 g/mol. The van der Waals surface area contributed by atoms with Crippen LogP contribution in [0.5, 0.6) is 0 Å². The van der Waals surface area contributed by atoms with Crippen LogP contribution in [0, 0.1) is 5.41 Å². The van der Waals surface area contributed by atoms with E-state index < -0.39 is 5.54 Å². The topological polar surface area (TPSA) is 35.5 Å². The summed E-state index contributed by atoms with van der Waals surface area (Å²) in [5.74, 6) is 0. The smallest absolute Gasteiger partial charge is 0.0685 e. The summed E-state index contributed by atoms with van der Waals surface area (Å²) in [7, 11) is 0. The number of piperidine rings is 1. The van der Waals surface area contributed by atoms with Crippen LogP contribution in [0.2, 0.25) is 0 Å². The summed E-state index contributed by atoms with van der Waals surface area (Å²) in [5, 5.41) is 15.3. The lowest BCUT2D eigenvalue weighted by molar-refractivity contribution is -0.265. The molecule has 14 heavy (non-hydrogen) atoms. The molecule has 0 amide bonds. The number of hydroxylamine groups is 2. The Morgan fingerprint density at radius 2 is 2.00 bits per heavy atom. The lowest BCUT2D eigenvalue weighted by atomic mass is 9.66. The minimum atomic E-state index is -0.397. The molecular formula is C10H17N2OS. The van der Waals surface area contributed by atoms with Crippen molar-refractivity contribution in [3.8, 4) is 0 Å². The van der Waals surface area contributed by atoms with Crippen molar-refractivity contribution >= 4 is 17.4 Å². The number of isothiocyanates is 1. The first-order chi connectivity index (χ1) is 6.34. The number of thiocarbonyl (C=S) groups is 1. The number of hydrogen-bond donors (Lipinski definition) is 0. The molecule has 1 aliphatic heterocycles. The van der Waals surface area contributed by atoms with Crippen molar-refractivity contribution < 1.29 is 5.21 Å². The largest absolute Gasteiger partial charge is 0.228 e. The van der Waals surface area contributed by atoms with Crippen LogP contribution in [0.1, 0.15) is 34.1 Å². The summed E-state index contributed by atoms with van der Waals surface area (Å²) in [5.41, 5.74) is -0.565. The van der Waals surface area contributed by atoms with Gasteiger partial charge in [0.05, 0.1) is 16.7 Å². The van der Waals surface area contributed by atoms with Crippen LogP contribution in [0.4, 0.5) is 0 Å². The molecule has 1 radical (unpaired) electrons. The van der Waals surface area contributed by atoms with E-state index in [4.69, 9.17) is 0 Å². The van der Waals surface area contributed by atoms with Crippen molar-refractivity contribution in [1.82, 2.24) is 5.06 Å². The van der Waals surface area contributed by atoms with Gasteiger partial charge >= 0.3 is 0 Å². The zero-order chi connectivity index (χ0) is 11.0. The SMILES string of the molecule is CC1(C)C(N=C=S)CCN([O])C1(C)C. The summed E-state index contributed by atoms with van der Waals surface area (Å²) in [6, 6.07) is 0.111. The van der Waals surface area contributed by atoms with Crippen LogP contribution in [-0.2, 0) is 5.21 Å². The molecule has 1 aliphatic rings. The highest BCUT2D eigenvalue weighted by Gasteiger charge is 2.50. The molecule has 1 heterocycles. The van der Waals surface area contributed by atoms with Crippen LogP contribution in [0.3, 0.4) is 0 Å². The molecule has 1 fully saturated rings. The fourth-order valence-electron chi connectivity index (χ4n) is 1.90. The normalized spacial score (nSPS) is 30.8. The molecule has 0 saturated carbocycles. The highest BCUT2D eigenvalue weighted by Crippen LogP contribution is 2.44. The van der Waals surface area contributed by atoms with Gasteiger partial charge in [0, 0.05) is 12.0 Å². The van der Waals surface area contributed by atoms with Crippen molar-refractivity contribution in [3.05, 3.63) is 0 Å². The molecule has 1 saturated heterocycles. The molecule has 0 aromatic rings. The van der Waals surface area contributed by atoms with E-state index in [9.17, 15) is 5.21 Å². The van der Waals surface area contributed by atoms with E-state index >= 15 is 0 Å². The Morgan fingerprint density at radius 1 is 1.43 bits per heavy atom. The Hall–Kier alpha value is -0.280. The van der Waals surface area contributed by atoms with Gasteiger partial charge < -0.3 is 0 Å². The Morgan fingerprint density at radius 3 is 2.50 bits per heavy atom. The molecule has 1 atom stereocenters. The molecule has 1 unspecified atom stereocenters. The summed E-state index contributed by atoms with van der Waals surface area (Å²) < 4.78 is 0. The number of aliphatic imine (C=N–C) groups is 1. The van der Waals surface area contributed by atoms with Crippen LogP contribution in [-0.4, -0.2) is 28.4 Å². The average Bonchev–Trinajstić information content (AvgIpc) is 2.08. The third kappa shape index (κ3) is 1.63. The molecule has 4 heteroatoms. The summed E-state index contributed by atoms with van der Waals surface area (Å²) >= 11 is 4.63. The van der Waals surface area contributed by atoms with Crippen molar-refractivity contribution in [1.29, 1.82) is 0 Å². The van der Waals surface area contributed by atoms with E-state index in [0.717, 1.165) is 11.5 Å². The molecule has 1 rings (SSSR count). The summed E-state index contributed by atoms with van der Waals surface area (Å²) in [4.78, 5) is 4.17. The maximum atomic E-state index is 11.7. The number of hydrogen-bond acceptors (Lipinski definition) is 3. The fraction of sp³-hybridized carbons (Fsp3) is 0.900. The van der Waals surface area contributed by atoms with Crippen molar-refractivity contribution in [2.75, 3.05) is 6.54 Å². The Kier molecular flexibility index (Phi) is 3.12. The van der Waals surface area contributed by atoms with E-state index in [1.165, 1.54) is 0 Å². The molecule has 3 nitrogen and oxygen atoms in total. The van der Waals surface area contributed by atoms with Gasteiger partial charge in [-0.2, -0.15) is 0 Å². The molecule has 0 N–H and O–H groups in total. The van der Waals surface area contributed by atoms with Gasteiger partial charge in [-0.15, -0.1) is 10.3 Å². The Bertz CT molecular complexity index is 269. The van der Waals surface area contributed by atoms with E-state index in [1.807, 2.05) is 13.8 Å². The van der Waals surface area contributed by atoms with E-state index in [0.29, 0.717) is 6.54 Å². The summed E-state index contributed by atoms with van der Waals surface area (Å²) in [6.45, 7) is 8.59. The lowest BCUT2D eigenvalue weighted by Gasteiger charge is -2.51. The van der Waals surface area contributed by atoms with Gasteiger partial charge in [0.25, 0.3) is 0 Å². The van der Waals surface area contributed by atoms with Crippen LogP contribution in [0.15, 0.2) is 4.99 Å². The third-order valence-electron chi connectivity index (χ3n) is 3.85. The second-order valence-electron chi connectivity index (χ2n) is 4.91. The Labute approximate surface area is 90.8 Å². The van der Waals surface area contributed by atoms with E-state index in [-0.39, 0.29) is 11.5 Å². The van der Waals surface area contributed by atoms with Crippen molar-refractivity contribution in [3.63, 3.8) is 0 Å². The second-order valence-corrected chi connectivity index (χ2v) is 5.09. The first kappa shape index (κ1) is 11.8. The molecule has 79 valence electrons. The Balaban J connectivity index is 3.02. The fourth-order valence-corrected chi connectivity index (χ4v) is 2.03. The first-order valence-electron chi connectivity index (χ1n) is 4.86. The molecule has 0 spiro atoms. The molecule has 0 bridgehead atoms. The number of nitrogens with zero attached hydrogens (tertiary/aromatic N) is 2. The maximum Gasteiger partial charge on any atom is 0.0685 e. The van der Waals surface area contributed by atoms with E-state index in [1.54, 1.807) is 0 Å². The third-order valence-corrected chi connectivity index (χ3v) is 3.95. The molecule has 0 aromatic heterocycles. The lowest BCUT2D eigenvalue weighted by Crippen LogP contribution is -2.60. The molecular weight excluding hydrogens is 196 g/mol. The second kappa shape index (κ2) is 3.70. The number of rotatable bonds is 1. The minimum Gasteiger partial charge on any atom is -0.228 e. The van der Waals surface area contributed by atoms with Gasteiger partial charge in [-0.05, 0) is 32.5 Å². The highest BCUT2D eigenvalue weighted by atomic mass is 32.1. The van der Waals surface area contributed by atoms with Gasteiger partial charge in [0.15, 0.2) is 0 Å². The summed E-state index contributed by atoms with van der Waals surface area (Å²) in [6.07, 6.45) is 0.767. The maximum absolute atomic E-state index is 11.7. The highest BCUT2D eigenvalue weighted by molar-refractivity contribution is 7.78. The predicted molar refractivity (Wildman–Crippen MR) is 58.7 cm³/mol. The van der Waals surface area contributed by atoms with Gasteiger partial charge in [0.2, 0.25) is 0 Å². The molecule has 0 aromatic carbocycles. The van der Waals surface area contributed by atoms with Gasteiger partial charge in [-0.3, -0.25) is 0 Å². The van der Waals surface area contributed by atoms with Crippen molar-refractivity contribution in [2.45, 2.75) is 45.7 Å². The van der Waals surface area contributed by atoms with Crippen molar-refractivity contribution in [2.24, 2.45) is 10.4 Å². The standard InChI is InChI=1S/C10H17N2OS/c1-9(2)8(11-7-14)5-6-12(13)10(9,3)4/h8H,5-6H2,1-4H3. The van der Waals surface area contributed by atoms with Crippen LogP contribution in [0.25, 0.3) is 0 Å². The van der Waals surface area contributed by atoms with E-state index in [2.05, 4.69) is 36.2 Å². The van der Waals surface area contributed by atoms with Gasteiger partial charge in [-0.25, -0.2) is 4.99 Å². The van der Waals surface area contributed by atoms with Crippen LogP contribution < -0.4 is 0 Å². The quantitative estimate of drug-likeness (QED) is 0.495.